The van der Waals surface area contributed by atoms with E-state index in [0.717, 1.165) is 59.0 Å². The van der Waals surface area contributed by atoms with Gasteiger partial charge in [0.1, 0.15) is 5.82 Å². The van der Waals surface area contributed by atoms with Crippen molar-refractivity contribution in [1.29, 1.82) is 0 Å². The van der Waals surface area contributed by atoms with E-state index < -0.39 is 0 Å². The lowest BCUT2D eigenvalue weighted by molar-refractivity contribution is 0.626. The van der Waals surface area contributed by atoms with E-state index in [0.29, 0.717) is 11.3 Å². The van der Waals surface area contributed by atoms with Crippen LogP contribution in [0.15, 0.2) is 65.7 Å². The molecule has 2 aromatic heterocycles. The van der Waals surface area contributed by atoms with Crippen LogP contribution in [0.1, 0.15) is 29.1 Å². The number of rotatable bonds is 5. The average molecular weight is 449 g/mol. The van der Waals surface area contributed by atoms with Gasteiger partial charge in [0, 0.05) is 35.2 Å². The van der Waals surface area contributed by atoms with Crippen LogP contribution in [-0.2, 0) is 25.9 Å². The van der Waals surface area contributed by atoms with E-state index in [9.17, 15) is 4.79 Å². The number of nitrogens with one attached hydrogen (secondary N) is 1. The van der Waals surface area contributed by atoms with E-state index in [2.05, 4.69) is 38.8 Å². The highest BCUT2D eigenvalue weighted by Crippen LogP contribution is 2.23. The molecule has 2 heterocycles. The first-order valence-corrected chi connectivity index (χ1v) is 11.1. The maximum absolute atomic E-state index is 12.2. The Morgan fingerprint density at radius 3 is 2.45 bits per heavy atom. The van der Waals surface area contributed by atoms with Crippen molar-refractivity contribution in [2.24, 2.45) is 0 Å². The number of aromatic nitrogens is 4. The number of benzene rings is 2. The molecule has 1 aliphatic carbocycles. The van der Waals surface area contributed by atoms with Gasteiger partial charge in [-0.2, -0.15) is 0 Å². The molecule has 1 N–H and O–H groups in total. The van der Waals surface area contributed by atoms with Crippen LogP contribution in [0.25, 0.3) is 11.1 Å². The van der Waals surface area contributed by atoms with E-state index in [1.54, 1.807) is 0 Å². The highest BCUT2D eigenvalue weighted by molar-refractivity contribution is 7.71. The zero-order valence-electron chi connectivity index (χ0n) is 16.8. The largest absolute Gasteiger partial charge is 0.329 e. The molecule has 0 unspecified atom stereocenters. The molecule has 5 rings (SSSR count). The fourth-order valence-corrected chi connectivity index (χ4v) is 4.61. The molecule has 156 valence electrons. The molecule has 0 saturated heterocycles. The third kappa shape index (κ3) is 4.01. The normalized spacial score (nSPS) is 12.8. The lowest BCUT2D eigenvalue weighted by Gasteiger charge is -2.14. The molecular formula is C24H21ClN4OS. The molecule has 31 heavy (non-hydrogen) atoms. The van der Waals surface area contributed by atoms with Gasteiger partial charge in [-0.25, -0.2) is 4.98 Å². The summed E-state index contributed by atoms with van der Waals surface area (Å²) in [4.78, 5) is 19.6. The first-order valence-electron chi connectivity index (χ1n) is 10.3. The van der Waals surface area contributed by atoms with Crippen LogP contribution in [0, 0.1) is 4.77 Å². The standard InChI is InChI=1S/C24H21ClN4OS/c25-19-10-8-18(9-11-19)17-6-4-16(5-7-17)14-28-13-12-26-22(28)15-29-21-3-1-2-20(21)23(30)27-24(29)31/h4-13H,1-3,14-15H2,(H,27,30,31). The Hall–Kier alpha value is -2.96. The van der Waals surface area contributed by atoms with Crippen LogP contribution in [0.5, 0.6) is 0 Å². The quantitative estimate of drug-likeness (QED) is 0.437. The smallest absolute Gasteiger partial charge is 0.255 e. The van der Waals surface area contributed by atoms with Gasteiger partial charge in [0.05, 0.1) is 6.54 Å². The summed E-state index contributed by atoms with van der Waals surface area (Å²) in [6.07, 6.45) is 6.49. The van der Waals surface area contributed by atoms with Crippen molar-refractivity contribution in [2.45, 2.75) is 32.4 Å². The molecular weight excluding hydrogens is 428 g/mol. The molecule has 1 aliphatic rings. The van der Waals surface area contributed by atoms with Gasteiger partial charge in [0.15, 0.2) is 4.77 Å². The molecule has 0 atom stereocenters. The van der Waals surface area contributed by atoms with Gasteiger partial charge < -0.3 is 9.13 Å². The number of H-pyrrole nitrogens is 1. The first kappa shape index (κ1) is 20.0. The van der Waals surface area contributed by atoms with Gasteiger partial charge in [0.2, 0.25) is 0 Å². The minimum Gasteiger partial charge on any atom is -0.329 e. The number of fused-ring (bicyclic) bond motifs is 1. The summed E-state index contributed by atoms with van der Waals surface area (Å²) in [5.74, 6) is 0.916. The van der Waals surface area contributed by atoms with Gasteiger partial charge in [-0.15, -0.1) is 0 Å². The van der Waals surface area contributed by atoms with Gasteiger partial charge in [-0.05, 0) is 60.3 Å². The summed E-state index contributed by atoms with van der Waals surface area (Å²) in [6.45, 7) is 1.27. The summed E-state index contributed by atoms with van der Waals surface area (Å²) in [5.41, 5.74) is 5.35. The fraction of sp³-hybridized carbons (Fsp3) is 0.208. The van der Waals surface area contributed by atoms with Gasteiger partial charge in [0.25, 0.3) is 5.56 Å². The van der Waals surface area contributed by atoms with Gasteiger partial charge in [-0.3, -0.25) is 9.78 Å². The van der Waals surface area contributed by atoms with Crippen LogP contribution in [-0.4, -0.2) is 19.1 Å². The molecule has 0 amide bonds. The number of halogens is 1. The number of nitrogens with zero attached hydrogens (tertiary/aromatic N) is 3. The second-order valence-corrected chi connectivity index (χ2v) is 8.62. The highest BCUT2D eigenvalue weighted by atomic mass is 35.5. The van der Waals surface area contributed by atoms with E-state index in [-0.39, 0.29) is 5.56 Å². The highest BCUT2D eigenvalue weighted by Gasteiger charge is 2.19. The van der Waals surface area contributed by atoms with Gasteiger partial charge >= 0.3 is 0 Å². The maximum atomic E-state index is 12.2. The van der Waals surface area contributed by atoms with Crippen molar-refractivity contribution in [2.75, 3.05) is 0 Å². The molecule has 0 saturated carbocycles. The molecule has 0 aliphatic heterocycles. The molecule has 5 nitrogen and oxygen atoms in total. The lowest BCUT2D eigenvalue weighted by atomic mass is 10.0. The number of aromatic amines is 1. The summed E-state index contributed by atoms with van der Waals surface area (Å²) in [6, 6.07) is 16.4. The van der Waals surface area contributed by atoms with E-state index in [1.165, 1.54) is 5.56 Å². The van der Waals surface area contributed by atoms with Crippen LogP contribution in [0.2, 0.25) is 5.02 Å². The second-order valence-electron chi connectivity index (χ2n) is 7.80. The SMILES string of the molecule is O=c1[nH]c(=S)n(Cc2nccn2Cc2ccc(-c3ccc(Cl)cc3)cc2)c2c1CCC2. The van der Waals surface area contributed by atoms with Crippen molar-refractivity contribution in [3.05, 3.63) is 104 Å². The lowest BCUT2D eigenvalue weighted by Crippen LogP contribution is -2.21. The molecule has 2 aromatic carbocycles. The third-order valence-corrected chi connectivity index (χ3v) is 6.41. The van der Waals surface area contributed by atoms with Crippen molar-refractivity contribution in [1.82, 2.24) is 19.1 Å². The number of imidazole rings is 1. The topological polar surface area (TPSA) is 55.6 Å². The minimum absolute atomic E-state index is 0.0436. The maximum Gasteiger partial charge on any atom is 0.255 e. The molecule has 7 heteroatoms. The molecule has 0 spiro atoms. The number of hydrogen-bond donors (Lipinski definition) is 1. The van der Waals surface area contributed by atoms with Crippen LogP contribution in [0.3, 0.4) is 0 Å². The second kappa shape index (κ2) is 8.29. The molecule has 0 radical (unpaired) electrons. The van der Waals surface area contributed by atoms with E-state index >= 15 is 0 Å². The predicted molar refractivity (Wildman–Crippen MR) is 125 cm³/mol. The Bertz CT molecular complexity index is 1350. The van der Waals surface area contributed by atoms with Crippen LogP contribution < -0.4 is 5.56 Å². The zero-order valence-corrected chi connectivity index (χ0v) is 18.4. The summed E-state index contributed by atoms with van der Waals surface area (Å²) in [5, 5.41) is 0.737. The number of hydrogen-bond acceptors (Lipinski definition) is 3. The van der Waals surface area contributed by atoms with Crippen molar-refractivity contribution >= 4 is 23.8 Å². The van der Waals surface area contributed by atoms with Crippen molar-refractivity contribution in [3.63, 3.8) is 0 Å². The Kier molecular flexibility index (Phi) is 5.34. The van der Waals surface area contributed by atoms with Gasteiger partial charge in [-0.1, -0.05) is 48.0 Å². The predicted octanol–water partition coefficient (Wildman–Crippen LogP) is 5.01. The van der Waals surface area contributed by atoms with Crippen molar-refractivity contribution < 1.29 is 0 Å². The Morgan fingerprint density at radius 2 is 1.71 bits per heavy atom. The minimum atomic E-state index is -0.0436. The molecule has 4 aromatic rings. The summed E-state index contributed by atoms with van der Waals surface area (Å²) >= 11 is 11.4. The molecule has 0 fully saturated rings. The Labute approximate surface area is 190 Å². The van der Waals surface area contributed by atoms with Crippen LogP contribution in [0.4, 0.5) is 0 Å². The molecule has 0 bridgehead atoms. The summed E-state index contributed by atoms with van der Waals surface area (Å²) < 4.78 is 4.63. The van der Waals surface area contributed by atoms with Crippen LogP contribution >= 0.6 is 23.8 Å². The third-order valence-electron chi connectivity index (χ3n) is 5.84. The Balaban J connectivity index is 1.38. The summed E-state index contributed by atoms with van der Waals surface area (Å²) in [7, 11) is 0. The first-order chi connectivity index (χ1) is 15.1. The monoisotopic (exact) mass is 448 g/mol. The van der Waals surface area contributed by atoms with E-state index in [1.807, 2.05) is 41.2 Å². The zero-order chi connectivity index (χ0) is 21.4. The average Bonchev–Trinajstić information content (AvgIpc) is 3.42. The van der Waals surface area contributed by atoms with Crippen molar-refractivity contribution in [3.8, 4) is 11.1 Å². The fourth-order valence-electron chi connectivity index (χ4n) is 4.22. The Morgan fingerprint density at radius 1 is 1.00 bits per heavy atom. The van der Waals surface area contributed by atoms with E-state index in [4.69, 9.17) is 23.8 Å².